The van der Waals surface area contributed by atoms with Crippen LogP contribution in [0.4, 0.5) is 0 Å². The van der Waals surface area contributed by atoms with Gasteiger partial charge in [0.05, 0.1) is 23.9 Å². The van der Waals surface area contributed by atoms with E-state index in [1.807, 2.05) is 27.7 Å². The number of nitrogens with zero attached hydrogens (tertiary/aromatic N) is 2. The van der Waals surface area contributed by atoms with Gasteiger partial charge in [-0.2, -0.15) is 4.79 Å². The predicted molar refractivity (Wildman–Crippen MR) is 81.9 cm³/mol. The average Bonchev–Trinajstić information content (AvgIpc) is 2.68. The highest BCUT2D eigenvalue weighted by Gasteiger charge is 2.51. The normalized spacial score (nSPS) is 18.7. The van der Waals surface area contributed by atoms with Gasteiger partial charge in [-0.1, -0.05) is 12.1 Å². The van der Waals surface area contributed by atoms with E-state index in [1.165, 1.54) is 7.11 Å². The summed E-state index contributed by atoms with van der Waals surface area (Å²) >= 11 is 0. The van der Waals surface area contributed by atoms with Crippen molar-refractivity contribution >= 4 is 24.3 Å². The first-order valence-corrected chi connectivity index (χ1v) is 6.98. The number of carbonyl (C=O) groups excluding carboxylic acids is 1. The van der Waals surface area contributed by atoms with Crippen LogP contribution >= 0.6 is 0 Å². The van der Waals surface area contributed by atoms with Gasteiger partial charge in [0.1, 0.15) is 0 Å². The Hall–Kier alpha value is -1.95. The monoisotopic (exact) mass is 302 g/mol. The van der Waals surface area contributed by atoms with Gasteiger partial charge in [0, 0.05) is 0 Å². The number of methoxy groups -OCH3 is 1. The minimum Gasteiger partial charge on any atom is -0.460 e. The molecule has 0 aromatic heterocycles. The molecule has 0 radical (unpaired) electrons. The maximum Gasteiger partial charge on any atom is 0.494 e. The fraction of sp³-hybridized carbons (Fsp3) is 0.467. The molecular weight excluding hydrogens is 283 g/mol. The molecular formula is C15H19BN2O4. The molecule has 0 spiro atoms. The summed E-state index contributed by atoms with van der Waals surface area (Å²) in [4.78, 5) is 14.5. The standard InChI is InChI=1S/C15H19BN2O4/c1-14(2)15(3,4)22-16(21-14)11-8-6-10(7-9-11)12(18-17)13(19)20-5/h6-9H,1-5H3. The van der Waals surface area contributed by atoms with Crippen LogP contribution in [0.15, 0.2) is 24.3 Å². The van der Waals surface area contributed by atoms with Crippen molar-refractivity contribution in [1.82, 2.24) is 0 Å². The zero-order valence-electron chi connectivity index (χ0n) is 13.4. The zero-order valence-corrected chi connectivity index (χ0v) is 13.4. The fourth-order valence-corrected chi connectivity index (χ4v) is 2.09. The van der Waals surface area contributed by atoms with Gasteiger partial charge in [0.2, 0.25) is 0 Å². The van der Waals surface area contributed by atoms with Crippen LogP contribution in [-0.4, -0.2) is 41.9 Å². The van der Waals surface area contributed by atoms with Crippen molar-refractivity contribution in [2.75, 3.05) is 7.11 Å². The largest absolute Gasteiger partial charge is 0.494 e. The summed E-state index contributed by atoms with van der Waals surface area (Å²) < 4.78 is 16.5. The number of esters is 1. The molecule has 1 aliphatic rings. The highest BCUT2D eigenvalue weighted by atomic mass is 16.7. The summed E-state index contributed by atoms with van der Waals surface area (Å²) in [5.41, 5.74) is 9.23. The number of rotatable bonds is 3. The first kappa shape index (κ1) is 16.4. The fourth-order valence-electron chi connectivity index (χ4n) is 2.09. The second-order valence-electron chi connectivity index (χ2n) is 6.15. The first-order chi connectivity index (χ1) is 10.2. The van der Waals surface area contributed by atoms with Gasteiger partial charge >= 0.3 is 18.8 Å². The minimum atomic E-state index is -0.703. The van der Waals surface area contributed by atoms with Crippen LogP contribution < -0.4 is 5.46 Å². The minimum absolute atomic E-state index is 0.150. The van der Waals surface area contributed by atoms with Crippen molar-refractivity contribution < 1.29 is 23.6 Å². The molecule has 0 N–H and O–H groups in total. The zero-order chi connectivity index (χ0) is 16.5. The molecule has 1 aromatic carbocycles. The van der Waals surface area contributed by atoms with Gasteiger partial charge in [-0.05, 0) is 45.3 Å². The predicted octanol–water partition coefficient (Wildman–Crippen LogP) is 1.18. The maximum atomic E-state index is 11.5. The van der Waals surface area contributed by atoms with E-state index >= 15 is 0 Å². The lowest BCUT2D eigenvalue weighted by Crippen LogP contribution is -2.41. The lowest BCUT2D eigenvalue weighted by atomic mass is 9.78. The third-order valence-electron chi connectivity index (χ3n) is 4.19. The molecule has 22 heavy (non-hydrogen) atoms. The van der Waals surface area contributed by atoms with Crippen LogP contribution in [0.1, 0.15) is 33.3 Å². The van der Waals surface area contributed by atoms with Crippen molar-refractivity contribution in [3.63, 3.8) is 0 Å². The smallest absolute Gasteiger partial charge is 0.460 e. The van der Waals surface area contributed by atoms with E-state index in [0.29, 0.717) is 5.56 Å². The van der Waals surface area contributed by atoms with E-state index in [2.05, 4.69) is 9.53 Å². The van der Waals surface area contributed by atoms with E-state index in [4.69, 9.17) is 14.8 Å². The Morgan fingerprint density at radius 2 is 1.64 bits per heavy atom. The van der Waals surface area contributed by atoms with Crippen molar-refractivity contribution in [1.29, 1.82) is 0 Å². The number of benzene rings is 1. The Morgan fingerprint density at radius 1 is 1.14 bits per heavy atom. The van der Waals surface area contributed by atoms with Gasteiger partial charge in [-0.25, -0.2) is 4.79 Å². The second kappa shape index (κ2) is 5.68. The molecule has 0 amide bonds. The van der Waals surface area contributed by atoms with E-state index in [1.54, 1.807) is 24.3 Å². The Morgan fingerprint density at radius 3 is 2.05 bits per heavy atom. The summed E-state index contributed by atoms with van der Waals surface area (Å²) in [5, 5.41) is 0. The van der Waals surface area contributed by atoms with Gasteiger partial charge in [-0.3, -0.25) is 0 Å². The van der Waals surface area contributed by atoms with Crippen LogP contribution in [-0.2, 0) is 18.8 Å². The van der Waals surface area contributed by atoms with Crippen LogP contribution in [0, 0.1) is 0 Å². The van der Waals surface area contributed by atoms with Gasteiger partial charge in [0.25, 0.3) is 0 Å². The Balaban J connectivity index is 2.24. The van der Waals surface area contributed by atoms with Crippen LogP contribution in [0.25, 0.3) is 5.53 Å². The van der Waals surface area contributed by atoms with E-state index < -0.39 is 24.3 Å². The molecule has 0 atom stereocenters. The highest BCUT2D eigenvalue weighted by molar-refractivity contribution is 6.62. The van der Waals surface area contributed by atoms with Crippen molar-refractivity contribution in [3.8, 4) is 0 Å². The molecule has 1 heterocycles. The summed E-state index contributed by atoms with van der Waals surface area (Å²) in [7, 11) is 0.749. The van der Waals surface area contributed by atoms with Gasteiger partial charge < -0.3 is 19.6 Å². The SMILES string of the molecule is COC(=O)C(=[N+]=[N-])c1ccc(B2OC(C)(C)C(C)(C)O2)cc1. The first-order valence-electron chi connectivity index (χ1n) is 6.98. The second-order valence-corrected chi connectivity index (χ2v) is 6.15. The third-order valence-corrected chi connectivity index (χ3v) is 4.19. The lowest BCUT2D eigenvalue weighted by molar-refractivity contribution is -0.137. The Bertz CT molecular complexity index is 617. The molecule has 2 rings (SSSR count). The number of hydrogen-bond acceptors (Lipinski definition) is 4. The van der Waals surface area contributed by atoms with E-state index in [9.17, 15) is 4.79 Å². The van der Waals surface area contributed by atoms with Gasteiger partial charge in [-0.15, -0.1) is 0 Å². The molecule has 1 aromatic rings. The average molecular weight is 302 g/mol. The highest BCUT2D eigenvalue weighted by Crippen LogP contribution is 2.36. The maximum absolute atomic E-state index is 11.5. The topological polar surface area (TPSA) is 81.2 Å². The molecule has 7 heteroatoms. The summed E-state index contributed by atoms with van der Waals surface area (Å²) in [5.74, 6) is -0.703. The van der Waals surface area contributed by atoms with Crippen molar-refractivity contribution in [3.05, 3.63) is 35.4 Å². The molecule has 0 bridgehead atoms. The van der Waals surface area contributed by atoms with Crippen molar-refractivity contribution in [2.24, 2.45) is 0 Å². The summed E-state index contributed by atoms with van der Waals surface area (Å²) in [6, 6.07) is 6.86. The number of hydrogen-bond donors (Lipinski definition) is 0. The Kier molecular flexibility index (Phi) is 4.24. The molecule has 0 unspecified atom stereocenters. The molecule has 0 aliphatic carbocycles. The molecule has 1 fully saturated rings. The molecule has 1 saturated heterocycles. The summed E-state index contributed by atoms with van der Waals surface area (Å²) in [6.45, 7) is 7.93. The van der Waals surface area contributed by atoms with Crippen LogP contribution in [0.5, 0.6) is 0 Å². The Labute approximate surface area is 130 Å². The summed E-state index contributed by atoms with van der Waals surface area (Å²) in [6.07, 6.45) is 0. The van der Waals surface area contributed by atoms with Crippen LogP contribution in [0.3, 0.4) is 0 Å². The lowest BCUT2D eigenvalue weighted by Gasteiger charge is -2.32. The number of ether oxygens (including phenoxy) is 1. The third kappa shape index (κ3) is 2.83. The molecule has 0 saturated carbocycles. The van der Waals surface area contributed by atoms with Gasteiger partial charge in [0.15, 0.2) is 0 Å². The molecule has 6 nitrogen and oxygen atoms in total. The van der Waals surface area contributed by atoms with E-state index in [-0.39, 0.29) is 5.71 Å². The quantitative estimate of drug-likeness (QED) is 0.276. The van der Waals surface area contributed by atoms with Crippen molar-refractivity contribution in [2.45, 2.75) is 38.9 Å². The number of carbonyl (C=O) groups is 1. The molecule has 1 aliphatic heterocycles. The molecule has 116 valence electrons. The van der Waals surface area contributed by atoms with Crippen LogP contribution in [0.2, 0.25) is 0 Å². The van der Waals surface area contributed by atoms with E-state index in [0.717, 1.165) is 5.46 Å².